The van der Waals surface area contributed by atoms with Gasteiger partial charge in [0.05, 0.1) is 17.4 Å². The van der Waals surface area contributed by atoms with Crippen molar-refractivity contribution in [1.82, 2.24) is 9.97 Å². The molecule has 0 aliphatic carbocycles. The highest BCUT2D eigenvalue weighted by atomic mass is 16.1. The van der Waals surface area contributed by atoms with Crippen LogP contribution in [0.25, 0.3) is 11.0 Å². The van der Waals surface area contributed by atoms with Crippen LogP contribution >= 0.6 is 0 Å². The lowest BCUT2D eigenvalue weighted by molar-refractivity contribution is -0.106. The summed E-state index contributed by atoms with van der Waals surface area (Å²) in [6.07, 6.45) is 2.45. The van der Waals surface area contributed by atoms with E-state index in [0.29, 0.717) is 0 Å². The third-order valence-corrected chi connectivity index (χ3v) is 1.33. The Balaban J connectivity index is 0.000000213. The summed E-state index contributed by atoms with van der Waals surface area (Å²) in [6.45, 7) is 1.44. The predicted octanol–water partition coefficient (Wildman–Crippen LogP) is 1.77. The van der Waals surface area contributed by atoms with Crippen molar-refractivity contribution in [2.45, 2.75) is 6.92 Å². The molecule has 62 valence electrons. The molecule has 12 heavy (non-hydrogen) atoms. The molecule has 2 aromatic rings. The van der Waals surface area contributed by atoms with Gasteiger partial charge >= 0.3 is 0 Å². The van der Waals surface area contributed by atoms with Crippen LogP contribution in [-0.4, -0.2) is 16.3 Å². The molecule has 0 saturated carbocycles. The molecule has 0 bridgehead atoms. The zero-order valence-electron chi connectivity index (χ0n) is 6.82. The molecule has 0 aliphatic rings. The first-order chi connectivity index (χ1) is 5.88. The summed E-state index contributed by atoms with van der Waals surface area (Å²) in [5.74, 6) is 0. The molecule has 1 aromatic heterocycles. The molecule has 0 unspecified atom stereocenters. The number of hydrogen-bond donors (Lipinski definition) is 1. The highest BCUT2D eigenvalue weighted by molar-refractivity contribution is 5.73. The number of imidazole rings is 1. The van der Waals surface area contributed by atoms with Gasteiger partial charge in [0.25, 0.3) is 0 Å². The van der Waals surface area contributed by atoms with Gasteiger partial charge in [-0.25, -0.2) is 4.98 Å². The number of fused-ring (bicyclic) bond motifs is 1. The lowest BCUT2D eigenvalue weighted by Crippen LogP contribution is -1.63. The van der Waals surface area contributed by atoms with Crippen molar-refractivity contribution in [2.24, 2.45) is 0 Å². The molecule has 3 nitrogen and oxygen atoms in total. The smallest absolute Gasteiger partial charge is 0.116 e. The van der Waals surface area contributed by atoms with Gasteiger partial charge in [-0.3, -0.25) is 0 Å². The van der Waals surface area contributed by atoms with E-state index in [2.05, 4.69) is 9.97 Å². The maximum absolute atomic E-state index is 8.81. The Labute approximate surface area is 70.4 Å². The molecule has 0 fully saturated rings. The molecule has 0 atom stereocenters. The van der Waals surface area contributed by atoms with Crippen molar-refractivity contribution >= 4 is 17.3 Å². The fraction of sp³-hybridized carbons (Fsp3) is 0.111. The van der Waals surface area contributed by atoms with E-state index in [1.807, 2.05) is 24.3 Å². The van der Waals surface area contributed by atoms with E-state index in [4.69, 9.17) is 4.79 Å². The fourth-order valence-electron chi connectivity index (χ4n) is 0.880. The van der Waals surface area contributed by atoms with E-state index in [1.165, 1.54) is 6.92 Å². The van der Waals surface area contributed by atoms with E-state index in [9.17, 15) is 0 Å². The molecule has 1 aromatic carbocycles. The Kier molecular flexibility index (Phi) is 3.02. The van der Waals surface area contributed by atoms with Crippen LogP contribution in [0, 0.1) is 0 Å². The van der Waals surface area contributed by atoms with E-state index in [0.717, 1.165) is 17.3 Å². The van der Waals surface area contributed by atoms with Crippen molar-refractivity contribution in [3.8, 4) is 0 Å². The van der Waals surface area contributed by atoms with Gasteiger partial charge in [-0.05, 0) is 19.1 Å². The molecular formula is C9H10N2O. The van der Waals surface area contributed by atoms with Crippen LogP contribution in [0.5, 0.6) is 0 Å². The Morgan fingerprint density at radius 3 is 2.75 bits per heavy atom. The second-order valence-corrected chi connectivity index (χ2v) is 2.16. The summed E-state index contributed by atoms with van der Waals surface area (Å²) in [6, 6.07) is 7.94. The predicted molar refractivity (Wildman–Crippen MR) is 47.8 cm³/mol. The van der Waals surface area contributed by atoms with Gasteiger partial charge in [0, 0.05) is 0 Å². The number of hydrogen-bond acceptors (Lipinski definition) is 2. The van der Waals surface area contributed by atoms with E-state index in [-0.39, 0.29) is 0 Å². The molecule has 0 spiro atoms. The number of nitrogens with one attached hydrogen (secondary N) is 1. The van der Waals surface area contributed by atoms with Gasteiger partial charge in [0.2, 0.25) is 0 Å². The fourth-order valence-corrected chi connectivity index (χ4v) is 0.880. The van der Waals surface area contributed by atoms with Crippen molar-refractivity contribution in [2.75, 3.05) is 0 Å². The van der Waals surface area contributed by atoms with Crippen molar-refractivity contribution < 1.29 is 4.79 Å². The normalized spacial score (nSPS) is 8.75. The quantitative estimate of drug-likeness (QED) is 0.600. The Bertz CT molecular complexity index is 324. The number of aromatic nitrogens is 2. The number of nitrogens with zero attached hydrogens (tertiary/aromatic N) is 1. The van der Waals surface area contributed by atoms with Gasteiger partial charge < -0.3 is 9.78 Å². The number of rotatable bonds is 0. The summed E-state index contributed by atoms with van der Waals surface area (Å²) in [4.78, 5) is 15.9. The van der Waals surface area contributed by atoms with Crippen LogP contribution in [-0.2, 0) is 4.79 Å². The Morgan fingerprint density at radius 1 is 1.42 bits per heavy atom. The molecule has 1 heterocycles. The average molecular weight is 162 g/mol. The van der Waals surface area contributed by atoms with Gasteiger partial charge in [-0.1, -0.05) is 12.1 Å². The second-order valence-electron chi connectivity index (χ2n) is 2.16. The minimum absolute atomic E-state index is 0.750. The standard InChI is InChI=1S/C7H6N2.C2H4O/c1-2-4-7-6(3-1)8-5-9-7;1-2-3/h1-5H,(H,8,9);2H,1H3. The number of benzene rings is 1. The number of H-pyrrole nitrogens is 1. The van der Waals surface area contributed by atoms with Crippen LogP contribution in [0.4, 0.5) is 0 Å². The Hall–Kier alpha value is -1.64. The minimum atomic E-state index is 0.750. The summed E-state index contributed by atoms with van der Waals surface area (Å²) >= 11 is 0. The highest BCUT2D eigenvalue weighted by Gasteiger charge is 1.88. The lowest BCUT2D eigenvalue weighted by atomic mass is 10.3. The molecule has 0 radical (unpaired) electrons. The molecule has 2 rings (SSSR count). The number of para-hydroxylation sites is 2. The van der Waals surface area contributed by atoms with Crippen LogP contribution in [0.2, 0.25) is 0 Å². The first kappa shape index (κ1) is 8.46. The third-order valence-electron chi connectivity index (χ3n) is 1.33. The van der Waals surface area contributed by atoms with Crippen LogP contribution < -0.4 is 0 Å². The molecule has 0 amide bonds. The van der Waals surface area contributed by atoms with E-state index < -0.39 is 0 Å². The summed E-state index contributed by atoms with van der Waals surface area (Å²) in [7, 11) is 0. The number of aromatic amines is 1. The van der Waals surface area contributed by atoms with Gasteiger partial charge in [0.15, 0.2) is 0 Å². The highest BCUT2D eigenvalue weighted by Crippen LogP contribution is 2.05. The second kappa shape index (κ2) is 4.28. The number of aldehydes is 1. The van der Waals surface area contributed by atoms with E-state index >= 15 is 0 Å². The van der Waals surface area contributed by atoms with Crippen molar-refractivity contribution in [3.05, 3.63) is 30.6 Å². The zero-order chi connectivity index (χ0) is 8.81. The zero-order valence-corrected chi connectivity index (χ0v) is 6.82. The van der Waals surface area contributed by atoms with Crippen LogP contribution in [0.3, 0.4) is 0 Å². The summed E-state index contributed by atoms with van der Waals surface area (Å²) in [5.41, 5.74) is 2.12. The molecule has 0 aliphatic heterocycles. The van der Waals surface area contributed by atoms with Gasteiger partial charge in [-0.2, -0.15) is 0 Å². The number of carbonyl (C=O) groups is 1. The van der Waals surface area contributed by atoms with Crippen LogP contribution in [0.1, 0.15) is 6.92 Å². The maximum Gasteiger partial charge on any atom is 0.116 e. The molecular weight excluding hydrogens is 152 g/mol. The molecule has 3 heteroatoms. The van der Waals surface area contributed by atoms with Crippen molar-refractivity contribution in [1.29, 1.82) is 0 Å². The molecule has 0 saturated heterocycles. The monoisotopic (exact) mass is 162 g/mol. The topological polar surface area (TPSA) is 45.8 Å². The summed E-state index contributed by atoms with van der Waals surface area (Å²) in [5, 5.41) is 0. The maximum atomic E-state index is 8.81. The van der Waals surface area contributed by atoms with Crippen LogP contribution in [0.15, 0.2) is 30.6 Å². The van der Waals surface area contributed by atoms with Crippen molar-refractivity contribution in [3.63, 3.8) is 0 Å². The third kappa shape index (κ3) is 1.92. The average Bonchev–Trinajstić information content (AvgIpc) is 2.52. The van der Waals surface area contributed by atoms with Gasteiger partial charge in [0.1, 0.15) is 6.29 Å². The Morgan fingerprint density at radius 2 is 2.08 bits per heavy atom. The molecule has 1 N–H and O–H groups in total. The number of carbonyl (C=O) groups excluding carboxylic acids is 1. The minimum Gasteiger partial charge on any atom is -0.345 e. The first-order valence-corrected chi connectivity index (χ1v) is 3.66. The SMILES string of the molecule is CC=O.c1ccc2[nH]cnc2c1. The van der Waals surface area contributed by atoms with Gasteiger partial charge in [-0.15, -0.1) is 0 Å². The lowest BCUT2D eigenvalue weighted by Gasteiger charge is -1.81. The van der Waals surface area contributed by atoms with E-state index in [1.54, 1.807) is 6.33 Å². The largest absolute Gasteiger partial charge is 0.345 e. The first-order valence-electron chi connectivity index (χ1n) is 3.66. The summed E-state index contributed by atoms with van der Waals surface area (Å²) < 4.78 is 0.